The van der Waals surface area contributed by atoms with Crippen LogP contribution in [-0.2, 0) is 30.6 Å². The van der Waals surface area contributed by atoms with Crippen LogP contribution in [-0.4, -0.2) is 78.5 Å². The number of nitrogens with zero attached hydrogens (tertiary/aromatic N) is 8. The number of pyridine rings is 2. The summed E-state index contributed by atoms with van der Waals surface area (Å²) in [4.78, 5) is 20.7. The first-order valence-electron chi connectivity index (χ1n) is 14.7. The lowest BCUT2D eigenvalue weighted by Crippen LogP contribution is -2.46. The van der Waals surface area contributed by atoms with Gasteiger partial charge in [0.05, 0.1) is 19.2 Å². The standard InChI is InChI=1S/C30H28ClF4N9O2/c31-20-5-4-18(22(32)13-20)17-46-26-3-1-2-24(38-26)43-9-7-42(8-10-43)16-25-37-23-12-19(27-39-29(41-40-27)30(33,34)35)14-36-28(23)44(25)15-21-6-11-45-21/h1-5,12-14,21H,6-11,15-17H2,(H,39,40,41)/t21-/m0/s1. The summed E-state index contributed by atoms with van der Waals surface area (Å²) < 4.78 is 66.8. The molecule has 2 aliphatic heterocycles. The maximum Gasteiger partial charge on any atom is 0.451 e. The number of imidazole rings is 1. The van der Waals surface area contributed by atoms with Crippen LogP contribution in [0.1, 0.15) is 23.6 Å². The lowest BCUT2D eigenvalue weighted by Gasteiger charge is -2.35. The van der Waals surface area contributed by atoms with Crippen molar-refractivity contribution in [1.29, 1.82) is 0 Å². The second-order valence-electron chi connectivity index (χ2n) is 11.1. The largest absolute Gasteiger partial charge is 0.473 e. The van der Waals surface area contributed by atoms with Gasteiger partial charge in [-0.05, 0) is 30.7 Å². The molecule has 6 heterocycles. The maximum atomic E-state index is 14.2. The normalized spacial score (nSPS) is 17.4. The van der Waals surface area contributed by atoms with Crippen LogP contribution in [0.15, 0.2) is 48.7 Å². The van der Waals surface area contributed by atoms with E-state index in [1.807, 2.05) is 16.7 Å². The average Bonchev–Trinajstić information content (AvgIpc) is 3.64. The molecule has 2 saturated heterocycles. The van der Waals surface area contributed by atoms with Gasteiger partial charge >= 0.3 is 6.18 Å². The summed E-state index contributed by atoms with van der Waals surface area (Å²) in [5.74, 6) is 0.322. The van der Waals surface area contributed by atoms with E-state index in [0.29, 0.717) is 66.0 Å². The van der Waals surface area contributed by atoms with Crippen LogP contribution in [0, 0.1) is 5.82 Å². The summed E-state index contributed by atoms with van der Waals surface area (Å²) in [5.41, 5.74) is 1.93. The predicted molar refractivity (Wildman–Crippen MR) is 160 cm³/mol. The number of aromatic nitrogens is 7. The molecule has 0 amide bonds. The third-order valence-corrected chi connectivity index (χ3v) is 8.27. The Morgan fingerprint density at radius 2 is 1.87 bits per heavy atom. The summed E-state index contributed by atoms with van der Waals surface area (Å²) >= 11 is 5.84. The Morgan fingerprint density at radius 3 is 2.59 bits per heavy atom. The van der Waals surface area contributed by atoms with Crippen LogP contribution in [0.25, 0.3) is 22.6 Å². The number of nitrogens with one attached hydrogen (secondary N) is 1. The third kappa shape index (κ3) is 6.48. The molecular weight excluding hydrogens is 630 g/mol. The SMILES string of the molecule is Fc1cc(Cl)ccc1COc1cccc(N2CCN(Cc3nc4cc(-c5nnc(C(F)(F)F)[nH]5)cnc4n3C[C@@H]3CCO3)CC2)n1. The highest BCUT2D eigenvalue weighted by atomic mass is 35.5. The van der Waals surface area contributed by atoms with Crippen molar-refractivity contribution in [2.24, 2.45) is 0 Å². The van der Waals surface area contributed by atoms with Gasteiger partial charge in [0.25, 0.3) is 0 Å². The van der Waals surface area contributed by atoms with Gasteiger partial charge in [0.15, 0.2) is 11.5 Å². The number of halogens is 5. The predicted octanol–water partition coefficient (Wildman–Crippen LogP) is 5.11. The molecule has 2 aliphatic rings. The van der Waals surface area contributed by atoms with Gasteiger partial charge in [-0.3, -0.25) is 4.90 Å². The number of rotatable bonds is 9. The van der Waals surface area contributed by atoms with E-state index in [0.717, 1.165) is 31.2 Å². The molecule has 1 atom stereocenters. The smallest absolute Gasteiger partial charge is 0.451 e. The van der Waals surface area contributed by atoms with Crippen LogP contribution in [0.4, 0.5) is 23.4 Å². The van der Waals surface area contributed by atoms with Crippen molar-refractivity contribution in [2.45, 2.75) is 38.4 Å². The van der Waals surface area contributed by atoms with E-state index in [9.17, 15) is 17.6 Å². The molecule has 4 aromatic heterocycles. The molecule has 0 unspecified atom stereocenters. The number of piperazine rings is 1. The van der Waals surface area contributed by atoms with Gasteiger partial charge in [0, 0.05) is 61.2 Å². The zero-order valence-corrected chi connectivity index (χ0v) is 25.1. The van der Waals surface area contributed by atoms with E-state index in [4.69, 9.17) is 26.1 Å². The number of alkyl halides is 3. The zero-order valence-electron chi connectivity index (χ0n) is 24.3. The molecule has 1 N–H and O–H groups in total. The molecule has 11 nitrogen and oxygen atoms in total. The van der Waals surface area contributed by atoms with Gasteiger partial charge < -0.3 is 23.9 Å². The molecule has 5 aromatic rings. The molecule has 0 spiro atoms. The number of ether oxygens (including phenoxy) is 2. The van der Waals surface area contributed by atoms with Crippen LogP contribution >= 0.6 is 11.6 Å². The lowest BCUT2D eigenvalue weighted by atomic mass is 10.2. The van der Waals surface area contributed by atoms with Gasteiger partial charge in [-0.2, -0.15) is 18.2 Å². The molecule has 46 heavy (non-hydrogen) atoms. The third-order valence-electron chi connectivity index (χ3n) is 8.03. The van der Waals surface area contributed by atoms with Crippen molar-refractivity contribution >= 4 is 28.6 Å². The molecule has 0 radical (unpaired) electrons. The van der Waals surface area contributed by atoms with Crippen LogP contribution in [0.3, 0.4) is 0 Å². The van der Waals surface area contributed by atoms with E-state index in [2.05, 4.69) is 34.9 Å². The van der Waals surface area contributed by atoms with Crippen molar-refractivity contribution in [3.8, 4) is 17.3 Å². The van der Waals surface area contributed by atoms with Crippen molar-refractivity contribution in [2.75, 3.05) is 37.7 Å². The second kappa shape index (κ2) is 12.5. The second-order valence-corrected chi connectivity index (χ2v) is 11.6. The monoisotopic (exact) mass is 657 g/mol. The number of hydrogen-bond acceptors (Lipinski definition) is 9. The van der Waals surface area contributed by atoms with Crippen molar-refractivity contribution < 1.29 is 27.0 Å². The topological polar surface area (TPSA) is 110 Å². The Balaban J connectivity index is 1.03. The van der Waals surface area contributed by atoms with E-state index in [1.165, 1.54) is 12.3 Å². The van der Waals surface area contributed by atoms with E-state index in [1.54, 1.807) is 24.3 Å². The molecule has 0 saturated carbocycles. The number of benzene rings is 1. The molecule has 240 valence electrons. The number of hydrogen-bond donors (Lipinski definition) is 1. The maximum absolute atomic E-state index is 14.2. The molecule has 1 aromatic carbocycles. The minimum Gasteiger partial charge on any atom is -0.473 e. The van der Waals surface area contributed by atoms with Crippen LogP contribution in [0.2, 0.25) is 5.02 Å². The highest BCUT2D eigenvalue weighted by Crippen LogP contribution is 2.29. The van der Waals surface area contributed by atoms with Gasteiger partial charge in [-0.15, -0.1) is 10.2 Å². The molecule has 7 rings (SSSR count). The number of aromatic amines is 1. The summed E-state index contributed by atoms with van der Waals surface area (Å²) in [5, 5.41) is 7.20. The van der Waals surface area contributed by atoms with E-state index < -0.39 is 17.8 Å². The minimum absolute atomic E-state index is 0.0310. The fourth-order valence-corrected chi connectivity index (χ4v) is 5.60. The summed E-state index contributed by atoms with van der Waals surface area (Å²) in [6.45, 7) is 4.77. The first-order chi connectivity index (χ1) is 22.2. The van der Waals surface area contributed by atoms with Crippen molar-refractivity contribution in [3.05, 3.63) is 76.7 Å². The van der Waals surface area contributed by atoms with Gasteiger partial charge in [-0.25, -0.2) is 14.4 Å². The Morgan fingerprint density at radius 1 is 1.04 bits per heavy atom. The van der Waals surface area contributed by atoms with Crippen LogP contribution < -0.4 is 9.64 Å². The molecule has 0 aliphatic carbocycles. The van der Waals surface area contributed by atoms with Crippen molar-refractivity contribution in [1.82, 2.24) is 39.6 Å². The number of fused-ring (bicyclic) bond motifs is 1. The number of anilines is 1. The lowest BCUT2D eigenvalue weighted by molar-refractivity contribution is -0.144. The fraction of sp³-hybridized carbons (Fsp3) is 0.367. The first kappa shape index (κ1) is 30.3. The van der Waals surface area contributed by atoms with Gasteiger partial charge in [-0.1, -0.05) is 23.7 Å². The summed E-state index contributed by atoms with van der Waals surface area (Å²) in [6, 6.07) is 11.6. The summed E-state index contributed by atoms with van der Waals surface area (Å²) in [7, 11) is 0. The van der Waals surface area contributed by atoms with Gasteiger partial charge in [0.1, 0.15) is 29.6 Å². The Labute approximate surface area is 265 Å². The molecule has 16 heteroatoms. The summed E-state index contributed by atoms with van der Waals surface area (Å²) in [6.07, 6.45) is -2.18. The molecular formula is C30H28ClF4N9O2. The highest BCUT2D eigenvalue weighted by Gasteiger charge is 2.35. The van der Waals surface area contributed by atoms with Gasteiger partial charge in [0.2, 0.25) is 11.7 Å². The molecule has 0 bridgehead atoms. The molecule has 2 fully saturated rings. The Bertz CT molecular complexity index is 1850. The number of H-pyrrole nitrogens is 1. The van der Waals surface area contributed by atoms with E-state index in [-0.39, 0.29) is 18.5 Å². The quantitative estimate of drug-likeness (QED) is 0.216. The Hall–Kier alpha value is -4.34. The minimum atomic E-state index is -4.63. The highest BCUT2D eigenvalue weighted by molar-refractivity contribution is 6.30. The fourth-order valence-electron chi connectivity index (χ4n) is 5.44. The first-order valence-corrected chi connectivity index (χ1v) is 15.1. The van der Waals surface area contributed by atoms with E-state index >= 15 is 0 Å². The average molecular weight is 658 g/mol. The van der Waals surface area contributed by atoms with Crippen LogP contribution in [0.5, 0.6) is 5.88 Å². The van der Waals surface area contributed by atoms with Crippen molar-refractivity contribution in [3.63, 3.8) is 0 Å². The Kier molecular flexibility index (Phi) is 8.21. The zero-order chi connectivity index (χ0) is 31.8.